The van der Waals surface area contributed by atoms with E-state index in [0.717, 1.165) is 0 Å². The average Bonchev–Trinajstić information content (AvgIpc) is 3.60. The van der Waals surface area contributed by atoms with E-state index in [4.69, 9.17) is 5.73 Å². The molecule has 0 spiro atoms. The lowest BCUT2D eigenvalue weighted by Crippen LogP contribution is -2.57. The summed E-state index contributed by atoms with van der Waals surface area (Å²) >= 11 is 5.71. The maximum atomic E-state index is 14.1. The summed E-state index contributed by atoms with van der Waals surface area (Å²) in [4.78, 5) is 58.5. The number of aliphatic hydroxyl groups is 1. The molecule has 0 saturated heterocycles. The number of aromatic nitrogens is 2. The topological polar surface area (TPSA) is 224 Å². The third kappa shape index (κ3) is 14.3. The number of nitrogens with one attached hydrogen (secondary N) is 6. The molecule has 0 aliphatic rings. The van der Waals surface area contributed by atoms with Crippen molar-refractivity contribution in [1.82, 2.24) is 37.0 Å². The molecule has 1 amide bonds. The van der Waals surface area contributed by atoms with Crippen LogP contribution < -0.4 is 32.8 Å². The molecule has 0 saturated carbocycles. The molecule has 14 nitrogen and oxygen atoms in total. The number of Topliss-reactive ketones (excluding diaryl/α,β-unsaturated/α-hetero) is 2. The predicted octanol–water partition coefficient (Wildman–Crippen LogP) is -0.254. The van der Waals surface area contributed by atoms with Gasteiger partial charge < -0.3 is 31.0 Å². The number of hydrogen-bond donors (Lipinski definition) is 10. The average molecular weight is 693 g/mol. The van der Waals surface area contributed by atoms with Crippen LogP contribution in [0.3, 0.4) is 0 Å². The molecule has 1 heterocycles. The van der Waals surface area contributed by atoms with Crippen LogP contribution in [0, 0.1) is 0 Å². The van der Waals surface area contributed by atoms with Crippen LogP contribution in [0.15, 0.2) is 48.9 Å². The van der Waals surface area contributed by atoms with Crippen LogP contribution in [0.5, 0.6) is 5.75 Å². The van der Waals surface area contributed by atoms with Gasteiger partial charge in [-0.05, 0) is 55.5 Å². The number of ketones is 2. The number of rotatable bonds is 26. The Morgan fingerprint density at radius 1 is 1.04 bits per heavy atom. The Morgan fingerprint density at radius 2 is 1.74 bits per heavy atom. The number of unbranched alkanes of at least 4 members (excludes halogenated alkanes) is 1. The van der Waals surface area contributed by atoms with Gasteiger partial charge in [-0.25, -0.2) is 26.7 Å². The Balaban J connectivity index is 2.31. The smallest absolute Gasteiger partial charge is 0.239 e. The van der Waals surface area contributed by atoms with Gasteiger partial charge >= 0.3 is 0 Å². The molecule has 0 unspecified atom stereocenters. The van der Waals surface area contributed by atoms with Crippen molar-refractivity contribution in [2.45, 2.75) is 68.7 Å². The molecule has 1 aromatic heterocycles. The number of carbonyl (C=O) groups is 4. The first-order valence-corrected chi connectivity index (χ1v) is 17.4. The zero-order chi connectivity index (χ0) is 34.6. The van der Waals surface area contributed by atoms with Crippen molar-refractivity contribution >= 4 is 48.2 Å². The van der Waals surface area contributed by atoms with Crippen molar-refractivity contribution in [1.29, 1.82) is 0 Å². The number of hydrogen-bond acceptors (Lipinski definition) is 14. The molecule has 10 N–H and O–H groups in total. The van der Waals surface area contributed by atoms with E-state index in [1.165, 1.54) is 18.5 Å². The summed E-state index contributed by atoms with van der Waals surface area (Å²) in [6, 6.07) is 2.39. The fourth-order valence-electron chi connectivity index (χ4n) is 4.58. The number of benzene rings is 1. The van der Waals surface area contributed by atoms with Crippen molar-refractivity contribution < 1.29 is 29.4 Å². The number of phenols is 1. The van der Waals surface area contributed by atoms with E-state index in [1.807, 2.05) is 6.26 Å². The first-order valence-electron chi connectivity index (χ1n) is 15.4. The fourth-order valence-corrected chi connectivity index (χ4v) is 5.23. The number of nitrogens with zero attached hydrogens (tertiary/aromatic N) is 1. The Hall–Kier alpha value is -3.09. The van der Waals surface area contributed by atoms with Crippen LogP contribution >= 0.6 is 24.4 Å². The van der Waals surface area contributed by atoms with E-state index in [-0.39, 0.29) is 29.9 Å². The number of thiol groups is 1. The van der Waals surface area contributed by atoms with E-state index in [9.17, 15) is 29.4 Å². The lowest BCUT2D eigenvalue weighted by atomic mass is 9.93. The minimum Gasteiger partial charge on any atom is -0.508 e. The van der Waals surface area contributed by atoms with Gasteiger partial charge in [0.15, 0.2) is 11.6 Å². The number of H-pyrrole nitrogens is 1. The number of nitrogens with two attached hydrogens (primary N) is 1. The highest BCUT2D eigenvalue weighted by molar-refractivity contribution is 7.98. The van der Waals surface area contributed by atoms with Crippen molar-refractivity contribution in [3.8, 4) is 5.75 Å². The summed E-state index contributed by atoms with van der Waals surface area (Å²) in [5, 5.41) is 22.2. The fraction of sp³-hybridized carbons (Fsp3) is 0.516. The summed E-state index contributed by atoms with van der Waals surface area (Å²) in [5.41, 5.74) is 19.0. The Morgan fingerprint density at radius 3 is 2.34 bits per heavy atom. The molecule has 0 radical (unpaired) electrons. The summed E-state index contributed by atoms with van der Waals surface area (Å²) in [6.45, 7) is 3.87. The Kier molecular flexibility index (Phi) is 19.2. The lowest BCUT2D eigenvalue weighted by Gasteiger charge is -2.28. The van der Waals surface area contributed by atoms with Gasteiger partial charge in [0, 0.05) is 36.1 Å². The minimum atomic E-state index is -1.04. The van der Waals surface area contributed by atoms with Gasteiger partial charge in [-0.2, -0.15) is 24.4 Å². The normalized spacial score (nSPS) is 14.5. The summed E-state index contributed by atoms with van der Waals surface area (Å²) in [5.74, 6) is -0.434. The quantitative estimate of drug-likeness (QED) is 0.0202. The highest BCUT2D eigenvalue weighted by Crippen LogP contribution is 2.17. The number of thioether (sulfide) groups is 1. The van der Waals surface area contributed by atoms with Crippen molar-refractivity contribution in [3.63, 3.8) is 0 Å². The molecule has 0 aliphatic heterocycles. The number of hydrazine groups is 2. The van der Waals surface area contributed by atoms with Crippen LogP contribution in [0.1, 0.15) is 36.9 Å². The van der Waals surface area contributed by atoms with Gasteiger partial charge in [0.25, 0.3) is 0 Å². The highest BCUT2D eigenvalue weighted by atomic mass is 32.2. The summed E-state index contributed by atoms with van der Waals surface area (Å²) < 4.78 is 0. The predicted molar refractivity (Wildman–Crippen MR) is 186 cm³/mol. The van der Waals surface area contributed by atoms with Crippen LogP contribution in [0.2, 0.25) is 0 Å². The van der Waals surface area contributed by atoms with Gasteiger partial charge in [0.2, 0.25) is 5.91 Å². The second-order valence-corrected chi connectivity index (χ2v) is 12.3. The van der Waals surface area contributed by atoms with E-state index < -0.39 is 54.3 Å². The molecule has 2 aromatic rings. The molecule has 16 heteroatoms. The van der Waals surface area contributed by atoms with Gasteiger partial charge in [-0.15, -0.1) is 0 Å². The largest absolute Gasteiger partial charge is 0.508 e. The molecule has 1 aromatic carbocycles. The van der Waals surface area contributed by atoms with Gasteiger partial charge in [0.05, 0.1) is 36.5 Å². The van der Waals surface area contributed by atoms with Crippen LogP contribution in [-0.4, -0.2) is 105 Å². The molecule has 0 aliphatic carbocycles. The van der Waals surface area contributed by atoms with E-state index in [2.05, 4.69) is 56.2 Å². The number of carbonyl (C=O) groups excluding carboxylic acids is 4. The van der Waals surface area contributed by atoms with Gasteiger partial charge in [-0.3, -0.25) is 14.4 Å². The molecule has 2 rings (SSSR count). The maximum absolute atomic E-state index is 14.1. The first kappa shape index (κ1) is 40.1. The lowest BCUT2D eigenvalue weighted by molar-refractivity contribution is -0.128. The maximum Gasteiger partial charge on any atom is 0.239 e. The molecule has 47 heavy (non-hydrogen) atoms. The second-order valence-electron chi connectivity index (χ2n) is 11.0. The van der Waals surface area contributed by atoms with E-state index in [0.29, 0.717) is 55.5 Å². The van der Waals surface area contributed by atoms with E-state index in [1.54, 1.807) is 30.1 Å². The number of phenolic OH excluding ortho intramolecular Hbond substituents is 1. The zero-order valence-corrected chi connectivity index (χ0v) is 28.3. The van der Waals surface area contributed by atoms with Crippen LogP contribution in [0.25, 0.3) is 0 Å². The number of imidazole rings is 1. The minimum absolute atomic E-state index is 0.0590. The van der Waals surface area contributed by atoms with Crippen molar-refractivity contribution in [2.75, 3.05) is 30.9 Å². The second kappa shape index (κ2) is 22.5. The molecule has 5 atom stereocenters. The van der Waals surface area contributed by atoms with Crippen LogP contribution in [-0.2, 0) is 32.0 Å². The van der Waals surface area contributed by atoms with Crippen molar-refractivity contribution in [2.24, 2.45) is 5.73 Å². The molecule has 0 fully saturated rings. The van der Waals surface area contributed by atoms with Crippen molar-refractivity contribution in [3.05, 3.63) is 60.2 Å². The molecule has 260 valence electrons. The Labute approximate surface area is 285 Å². The SMILES string of the molecule is C=C(C(=O)[C@H](Cc1ccc(O)cc1)NC(=O)[C@H](CCCCN)NN[C@H](C=O)CS)[C@H](CCSC)NN[C@@H](Cc1cnc[nH]1)C(=O)CO. The van der Waals surface area contributed by atoms with Gasteiger partial charge in [0.1, 0.15) is 18.6 Å². The van der Waals surface area contributed by atoms with Gasteiger partial charge in [-0.1, -0.05) is 25.1 Å². The highest BCUT2D eigenvalue weighted by Gasteiger charge is 2.31. The molecule has 0 bridgehead atoms. The number of aldehydes is 1. The third-order valence-corrected chi connectivity index (χ3v) is 8.42. The number of aliphatic hydroxyl groups excluding tert-OH is 1. The standard InChI is InChI=1S/C31H48N8O6S2/c1-20(25(10-12-47-2)37-39-27(29(43)17-41)14-22-15-33-19-34-22)30(44)28(13-21-6-8-24(42)9-7-21)35-31(45)26(5-3-4-11-32)38-36-23(16-40)18-46/h6-9,15-16,19,23,25-28,36-39,41-42,46H,1,3-5,10-14,17-18,32H2,2H3,(H,33,34)(H,35,45)/t23-,25+,26+,27+,28+/m1/s1. The molecular formula is C31H48N8O6S2. The first-order chi connectivity index (χ1) is 22.7. The number of aromatic hydroxyl groups is 1. The third-order valence-electron chi connectivity index (χ3n) is 7.38. The summed E-state index contributed by atoms with van der Waals surface area (Å²) in [7, 11) is 0. The number of aromatic amines is 1. The Bertz CT molecular complexity index is 1250. The van der Waals surface area contributed by atoms with E-state index >= 15 is 0 Å². The molecular weight excluding hydrogens is 645 g/mol. The zero-order valence-electron chi connectivity index (χ0n) is 26.6. The summed E-state index contributed by atoms with van der Waals surface area (Å²) in [6.07, 6.45) is 8.14. The van der Waals surface area contributed by atoms with Crippen LogP contribution in [0.4, 0.5) is 0 Å². The number of amides is 1. The monoisotopic (exact) mass is 692 g/mol.